The number of nitriles is 1. The molecule has 0 bridgehead atoms. The zero-order chi connectivity index (χ0) is 26.1. The normalized spacial score (nSPS) is 20.5. The molecule has 1 aromatic carbocycles. The molecule has 0 amide bonds. The third-order valence-corrected chi connectivity index (χ3v) is 8.71. The Labute approximate surface area is 228 Å². The Bertz CT molecular complexity index is 1350. The van der Waals surface area contributed by atoms with Gasteiger partial charge in [0.1, 0.15) is 17.4 Å². The third-order valence-electron chi connectivity index (χ3n) is 7.51. The number of hydrogen-bond acceptors (Lipinski definition) is 7. The number of rotatable bonds is 8. The summed E-state index contributed by atoms with van der Waals surface area (Å²) in [4.78, 5) is 14.1. The Kier molecular flexibility index (Phi) is 7.98. The lowest BCUT2D eigenvalue weighted by Crippen LogP contribution is -2.54. The minimum absolute atomic E-state index is 0.236. The van der Waals surface area contributed by atoms with Gasteiger partial charge in [-0.25, -0.2) is 18.9 Å². The number of hydrogen-bond donors (Lipinski definition) is 1. The van der Waals surface area contributed by atoms with Crippen molar-refractivity contribution in [3.05, 3.63) is 45.7 Å². The first-order chi connectivity index (χ1) is 17.8. The van der Waals surface area contributed by atoms with E-state index in [4.69, 9.17) is 32.7 Å². The number of likely N-dealkylation sites (tertiary alicyclic amines) is 1. The van der Waals surface area contributed by atoms with E-state index >= 15 is 0 Å². The van der Waals surface area contributed by atoms with E-state index in [0.717, 1.165) is 56.9 Å². The van der Waals surface area contributed by atoms with Gasteiger partial charge in [0.2, 0.25) is 0 Å². The zero-order valence-corrected chi connectivity index (χ0v) is 22.9. The van der Waals surface area contributed by atoms with E-state index in [-0.39, 0.29) is 11.7 Å². The lowest BCUT2D eigenvalue weighted by Gasteiger charge is -2.47. The van der Waals surface area contributed by atoms with Gasteiger partial charge in [-0.2, -0.15) is 10.4 Å². The molecule has 5 rings (SSSR count). The first-order valence-electron chi connectivity index (χ1n) is 12.5. The molecule has 2 saturated heterocycles. The summed E-state index contributed by atoms with van der Waals surface area (Å²) in [6.45, 7) is 6.77. The fourth-order valence-electron chi connectivity index (χ4n) is 5.46. The summed E-state index contributed by atoms with van der Waals surface area (Å²) in [5, 5.41) is 15.2. The van der Waals surface area contributed by atoms with E-state index < -0.39 is 11.1 Å². The molecule has 3 atom stereocenters. The average molecular weight is 563 g/mol. The molecule has 12 heteroatoms. The molecule has 0 aliphatic carbocycles. The van der Waals surface area contributed by atoms with Crippen molar-refractivity contribution in [2.45, 2.75) is 32.2 Å². The third kappa shape index (κ3) is 5.61. The van der Waals surface area contributed by atoms with Crippen molar-refractivity contribution in [1.29, 1.82) is 5.26 Å². The minimum atomic E-state index is -1.71. The van der Waals surface area contributed by atoms with Gasteiger partial charge in [0, 0.05) is 29.7 Å². The van der Waals surface area contributed by atoms with Gasteiger partial charge < -0.3 is 14.4 Å². The topological polar surface area (TPSA) is 111 Å². The molecular formula is C25H29Cl2N7O2S. The molecule has 0 radical (unpaired) electrons. The van der Waals surface area contributed by atoms with Crippen molar-refractivity contribution in [1.82, 2.24) is 24.6 Å². The van der Waals surface area contributed by atoms with Crippen molar-refractivity contribution >= 4 is 51.3 Å². The minimum Gasteiger partial charge on any atom is -0.355 e. The van der Waals surface area contributed by atoms with Crippen LogP contribution in [0.4, 0.5) is 5.82 Å². The first kappa shape index (κ1) is 26.3. The predicted molar refractivity (Wildman–Crippen MR) is 145 cm³/mol. The van der Waals surface area contributed by atoms with Crippen molar-refractivity contribution in [3.8, 4) is 6.07 Å². The van der Waals surface area contributed by atoms with Gasteiger partial charge in [-0.3, -0.25) is 0 Å². The molecule has 2 fully saturated rings. The number of benzene rings is 1. The van der Waals surface area contributed by atoms with Crippen LogP contribution in [0.3, 0.4) is 0 Å². The monoisotopic (exact) mass is 561 g/mol. The molecule has 37 heavy (non-hydrogen) atoms. The summed E-state index contributed by atoms with van der Waals surface area (Å²) in [6, 6.07) is 7.22. The van der Waals surface area contributed by atoms with E-state index in [9.17, 15) is 9.47 Å². The van der Waals surface area contributed by atoms with Crippen LogP contribution in [0.1, 0.15) is 43.5 Å². The molecule has 3 aromatic rings. The molecule has 0 saturated carbocycles. The van der Waals surface area contributed by atoms with Crippen LogP contribution in [0.2, 0.25) is 10.0 Å². The number of halogens is 2. The highest BCUT2D eigenvalue weighted by Crippen LogP contribution is 2.35. The summed E-state index contributed by atoms with van der Waals surface area (Å²) in [5.41, 5.74) is 2.11. The fraction of sp³-hybridized carbons (Fsp3) is 0.520. The van der Waals surface area contributed by atoms with Gasteiger partial charge in [-0.1, -0.05) is 29.3 Å². The zero-order valence-electron chi connectivity index (χ0n) is 20.6. The van der Waals surface area contributed by atoms with Crippen LogP contribution in [0.25, 0.3) is 11.2 Å². The number of piperidine rings is 1. The molecular weight excluding hydrogens is 533 g/mol. The molecule has 2 aromatic heterocycles. The van der Waals surface area contributed by atoms with E-state index in [0.29, 0.717) is 38.8 Å². The van der Waals surface area contributed by atoms with E-state index in [2.05, 4.69) is 26.0 Å². The first-order valence-corrected chi connectivity index (χ1v) is 14.5. The van der Waals surface area contributed by atoms with Gasteiger partial charge >= 0.3 is 0 Å². The highest BCUT2D eigenvalue weighted by atomic mass is 35.5. The lowest BCUT2D eigenvalue weighted by molar-refractivity contribution is 0.120. The van der Waals surface area contributed by atoms with Crippen LogP contribution in [0.15, 0.2) is 24.4 Å². The number of aromatic nitrogens is 4. The molecule has 196 valence electrons. The maximum Gasteiger partial charge on any atom is 0.190 e. The summed E-state index contributed by atoms with van der Waals surface area (Å²) < 4.78 is 21.7. The molecule has 1 N–H and O–H groups in total. The maximum atomic E-state index is 10.9. The smallest absolute Gasteiger partial charge is 0.190 e. The van der Waals surface area contributed by atoms with Crippen LogP contribution < -0.4 is 4.90 Å². The number of nitrogens with zero attached hydrogens (tertiary/aromatic N) is 7. The number of anilines is 1. The summed E-state index contributed by atoms with van der Waals surface area (Å²) in [7, 11) is 0. The van der Waals surface area contributed by atoms with Crippen molar-refractivity contribution < 1.29 is 8.76 Å². The predicted octanol–water partition coefficient (Wildman–Crippen LogP) is 4.37. The Balaban J connectivity index is 1.30. The summed E-state index contributed by atoms with van der Waals surface area (Å²) in [5.74, 6) is 2.32. The molecule has 9 nitrogen and oxygen atoms in total. The molecule has 1 unspecified atom stereocenters. The highest BCUT2D eigenvalue weighted by Gasteiger charge is 2.36. The molecule has 4 heterocycles. The second-order valence-corrected chi connectivity index (χ2v) is 11.8. The highest BCUT2D eigenvalue weighted by molar-refractivity contribution is 7.79. The van der Waals surface area contributed by atoms with Crippen LogP contribution in [0, 0.1) is 23.2 Å². The Morgan fingerprint density at radius 3 is 2.81 bits per heavy atom. The van der Waals surface area contributed by atoms with E-state index in [1.807, 2.05) is 13.0 Å². The fourth-order valence-corrected chi connectivity index (χ4v) is 6.40. The maximum absolute atomic E-state index is 10.9. The standard InChI is InChI=1S/C25H29Cl2N7O2S/c1-16(20-6-5-19(26)10-21(20)27)34-25-24(22(11-28)31-34)29-12-23(30-25)33-14-18(15-33)17-4-2-7-32(13-17)8-3-9-37(35)36/h5-6,10,12,16-18H,2-4,7-9,13-15H2,1H3,(H,35,36)/t16-,17+/m1/s1. The molecule has 2 aliphatic rings. The lowest BCUT2D eigenvalue weighted by atomic mass is 9.80. The van der Waals surface area contributed by atoms with Crippen molar-refractivity contribution in [2.75, 3.05) is 43.4 Å². The quantitative estimate of drug-likeness (QED) is 0.403. The van der Waals surface area contributed by atoms with Crippen LogP contribution in [-0.2, 0) is 11.1 Å². The van der Waals surface area contributed by atoms with Crippen molar-refractivity contribution in [2.24, 2.45) is 11.8 Å². The molecule has 2 aliphatic heterocycles. The Morgan fingerprint density at radius 1 is 1.27 bits per heavy atom. The molecule has 0 spiro atoms. The van der Waals surface area contributed by atoms with Crippen LogP contribution in [0.5, 0.6) is 0 Å². The van der Waals surface area contributed by atoms with Gasteiger partial charge in [0.05, 0.1) is 18.0 Å². The van der Waals surface area contributed by atoms with Gasteiger partial charge in [0.15, 0.2) is 22.4 Å². The average Bonchev–Trinajstić information content (AvgIpc) is 3.21. The summed E-state index contributed by atoms with van der Waals surface area (Å²) in [6.07, 6.45) is 4.85. The van der Waals surface area contributed by atoms with Gasteiger partial charge in [-0.05, 0) is 68.8 Å². The van der Waals surface area contributed by atoms with Crippen molar-refractivity contribution in [3.63, 3.8) is 0 Å². The van der Waals surface area contributed by atoms with Crippen LogP contribution >= 0.6 is 23.2 Å². The van der Waals surface area contributed by atoms with E-state index in [1.165, 1.54) is 6.42 Å². The Hall–Kier alpha value is -2.29. The SMILES string of the molecule is C[C@H](c1ccc(Cl)cc1Cl)n1nc(C#N)c2ncc(N3CC([C@H]4CCCN(CCCS(=O)O)C4)C3)nc21. The second kappa shape index (κ2) is 11.2. The largest absolute Gasteiger partial charge is 0.355 e. The van der Waals surface area contributed by atoms with Crippen LogP contribution in [-0.4, -0.2) is 71.9 Å². The second-order valence-electron chi connectivity index (χ2n) is 9.89. The number of fused-ring (bicyclic) bond motifs is 1. The summed E-state index contributed by atoms with van der Waals surface area (Å²) >= 11 is 10.8. The van der Waals surface area contributed by atoms with Gasteiger partial charge in [-0.15, -0.1) is 0 Å². The Morgan fingerprint density at radius 2 is 2.08 bits per heavy atom. The van der Waals surface area contributed by atoms with E-state index in [1.54, 1.807) is 23.0 Å². The van der Waals surface area contributed by atoms with Gasteiger partial charge in [0.25, 0.3) is 0 Å².